The second kappa shape index (κ2) is 4.81. The van der Waals surface area contributed by atoms with Gasteiger partial charge in [0.15, 0.2) is 5.82 Å². The highest BCUT2D eigenvalue weighted by atomic mass is 32.2. The summed E-state index contributed by atoms with van der Waals surface area (Å²) in [5, 5.41) is 8.87. The highest BCUT2D eigenvalue weighted by Gasteiger charge is 2.27. The van der Waals surface area contributed by atoms with Gasteiger partial charge in [-0.3, -0.25) is 4.57 Å². The van der Waals surface area contributed by atoms with Crippen molar-refractivity contribution in [3.05, 3.63) is 22.7 Å². The van der Waals surface area contributed by atoms with Gasteiger partial charge in [0, 0.05) is 11.9 Å². The zero-order valence-corrected chi connectivity index (χ0v) is 8.98. The topological polar surface area (TPSA) is 76.4 Å². The Kier molecular flexibility index (Phi) is 3.42. The van der Waals surface area contributed by atoms with Gasteiger partial charge in [-0.05, 0) is 6.07 Å². The lowest BCUT2D eigenvalue weighted by atomic mass is 10.5. The van der Waals surface area contributed by atoms with Crippen molar-refractivity contribution in [2.75, 3.05) is 17.9 Å². The predicted molar refractivity (Wildman–Crippen MR) is 56.7 cm³/mol. The van der Waals surface area contributed by atoms with Crippen molar-refractivity contribution in [3.63, 3.8) is 0 Å². The fraction of sp³-hybridized carbons (Fsp3) is 0.500. The molecule has 1 aromatic heterocycles. The van der Waals surface area contributed by atoms with Gasteiger partial charge < -0.3 is 9.84 Å². The lowest BCUT2D eigenvalue weighted by Crippen LogP contribution is -2.28. The number of hydrogen-bond donors (Lipinski definition) is 2. The summed E-state index contributed by atoms with van der Waals surface area (Å²) in [5.41, 5.74) is 0.381. The number of rotatable bonds is 3. The number of aliphatic hydroxyl groups excluding tert-OH is 1. The van der Waals surface area contributed by atoms with Crippen molar-refractivity contribution in [1.29, 1.82) is 0 Å². The SMILES string of the molecule is O=c1nc(NF)ccn1[C@@H]1CS[C@@H](CO)O1. The van der Waals surface area contributed by atoms with Crippen molar-refractivity contribution in [3.8, 4) is 0 Å². The predicted octanol–water partition coefficient (Wildman–Crippen LogP) is 0.120. The number of aromatic nitrogens is 2. The Morgan fingerprint density at radius 1 is 1.81 bits per heavy atom. The van der Waals surface area contributed by atoms with E-state index in [-0.39, 0.29) is 17.9 Å². The van der Waals surface area contributed by atoms with E-state index in [4.69, 9.17) is 9.84 Å². The Labute approximate surface area is 94.4 Å². The molecule has 2 rings (SSSR count). The Morgan fingerprint density at radius 3 is 3.19 bits per heavy atom. The second-order valence-electron chi connectivity index (χ2n) is 3.13. The van der Waals surface area contributed by atoms with Crippen LogP contribution in [-0.4, -0.2) is 32.5 Å². The van der Waals surface area contributed by atoms with Gasteiger partial charge in [-0.25, -0.2) is 10.3 Å². The molecular formula is C8H10FN3O3S. The largest absolute Gasteiger partial charge is 0.393 e. The molecular weight excluding hydrogens is 237 g/mol. The highest BCUT2D eigenvalue weighted by molar-refractivity contribution is 8.00. The fourth-order valence-corrected chi connectivity index (χ4v) is 2.30. The molecule has 0 aliphatic carbocycles. The van der Waals surface area contributed by atoms with Crippen LogP contribution in [0.3, 0.4) is 0 Å². The molecule has 6 nitrogen and oxygen atoms in total. The number of anilines is 1. The molecule has 1 saturated heterocycles. The number of nitrogens with zero attached hydrogens (tertiary/aromatic N) is 2. The summed E-state index contributed by atoms with van der Waals surface area (Å²) in [5.74, 6) is 0.417. The van der Waals surface area contributed by atoms with Gasteiger partial charge in [-0.15, -0.1) is 16.2 Å². The van der Waals surface area contributed by atoms with Crippen LogP contribution < -0.4 is 11.2 Å². The molecule has 2 atom stereocenters. The summed E-state index contributed by atoms with van der Waals surface area (Å²) < 4.78 is 18.6. The monoisotopic (exact) mass is 247 g/mol. The maximum Gasteiger partial charge on any atom is 0.351 e. The average Bonchev–Trinajstić information content (AvgIpc) is 2.77. The summed E-state index contributed by atoms with van der Waals surface area (Å²) in [4.78, 5) is 14.9. The summed E-state index contributed by atoms with van der Waals surface area (Å²) in [6, 6.07) is 1.34. The highest BCUT2D eigenvalue weighted by Crippen LogP contribution is 2.30. The third-order valence-electron chi connectivity index (χ3n) is 2.12. The number of hydrogen-bond acceptors (Lipinski definition) is 6. The van der Waals surface area contributed by atoms with Crippen LogP contribution in [0.1, 0.15) is 6.23 Å². The van der Waals surface area contributed by atoms with Crippen molar-refractivity contribution < 1.29 is 14.3 Å². The van der Waals surface area contributed by atoms with E-state index >= 15 is 0 Å². The molecule has 1 aliphatic heterocycles. The van der Waals surface area contributed by atoms with Gasteiger partial charge in [0.25, 0.3) is 0 Å². The molecule has 2 heterocycles. The molecule has 2 N–H and O–H groups in total. The summed E-state index contributed by atoms with van der Waals surface area (Å²) >= 11 is 1.41. The summed E-state index contributed by atoms with van der Waals surface area (Å²) in [6.07, 6.45) is 0.943. The second-order valence-corrected chi connectivity index (χ2v) is 4.33. The van der Waals surface area contributed by atoms with Crippen LogP contribution in [-0.2, 0) is 4.74 Å². The van der Waals surface area contributed by atoms with E-state index in [2.05, 4.69) is 4.98 Å². The van der Waals surface area contributed by atoms with Gasteiger partial charge in [0.05, 0.1) is 6.61 Å². The minimum atomic E-state index is -0.591. The maximum absolute atomic E-state index is 12.0. The molecule has 0 amide bonds. The van der Waals surface area contributed by atoms with Gasteiger partial charge >= 0.3 is 5.69 Å². The number of thioether (sulfide) groups is 1. The van der Waals surface area contributed by atoms with E-state index in [1.165, 1.54) is 34.1 Å². The van der Waals surface area contributed by atoms with Crippen LogP contribution in [0, 0.1) is 0 Å². The fourth-order valence-electron chi connectivity index (χ4n) is 1.37. The summed E-state index contributed by atoms with van der Waals surface area (Å²) in [7, 11) is 0. The van der Waals surface area contributed by atoms with E-state index in [1.807, 2.05) is 0 Å². The quantitative estimate of drug-likeness (QED) is 0.739. The van der Waals surface area contributed by atoms with E-state index in [0.717, 1.165) is 0 Å². The van der Waals surface area contributed by atoms with Gasteiger partial charge in [0.1, 0.15) is 11.7 Å². The first kappa shape index (κ1) is 11.4. The molecule has 0 bridgehead atoms. The van der Waals surface area contributed by atoms with Crippen molar-refractivity contribution >= 4 is 17.6 Å². The zero-order chi connectivity index (χ0) is 11.5. The Hall–Kier alpha value is -1.12. The van der Waals surface area contributed by atoms with E-state index in [9.17, 15) is 9.28 Å². The van der Waals surface area contributed by atoms with Crippen molar-refractivity contribution in [2.24, 2.45) is 0 Å². The standard InChI is InChI=1S/C8H10FN3O3S/c9-11-5-1-2-12(8(14)10-5)6-4-16-7(3-13)15-6/h1-2,6-7,13H,3-4H2,(H,10,11,14)/t6-,7-/m0/s1. The third kappa shape index (κ3) is 2.18. The first-order valence-corrected chi connectivity index (χ1v) is 5.63. The first-order chi connectivity index (χ1) is 7.74. The molecule has 16 heavy (non-hydrogen) atoms. The smallest absolute Gasteiger partial charge is 0.351 e. The van der Waals surface area contributed by atoms with Crippen molar-refractivity contribution in [1.82, 2.24) is 9.55 Å². The number of nitrogens with one attached hydrogen (secondary N) is 1. The Morgan fingerprint density at radius 2 is 2.62 bits per heavy atom. The normalized spacial score (nSPS) is 24.6. The van der Waals surface area contributed by atoms with Crippen LogP contribution >= 0.6 is 11.8 Å². The lowest BCUT2D eigenvalue weighted by molar-refractivity contribution is -0.00630. The molecule has 0 saturated carbocycles. The van der Waals surface area contributed by atoms with Crippen LogP contribution in [0.2, 0.25) is 0 Å². The molecule has 1 fully saturated rings. The van der Waals surface area contributed by atoms with Gasteiger partial charge in [-0.2, -0.15) is 4.98 Å². The van der Waals surface area contributed by atoms with E-state index < -0.39 is 11.9 Å². The molecule has 1 aromatic rings. The molecule has 0 aromatic carbocycles. The maximum atomic E-state index is 12.0. The Balaban J connectivity index is 2.19. The first-order valence-electron chi connectivity index (χ1n) is 4.58. The number of halogens is 1. The Bertz CT molecular complexity index is 427. The van der Waals surface area contributed by atoms with Gasteiger partial charge in [0.2, 0.25) is 0 Å². The van der Waals surface area contributed by atoms with Crippen LogP contribution in [0.5, 0.6) is 0 Å². The van der Waals surface area contributed by atoms with Crippen LogP contribution in [0.4, 0.5) is 10.3 Å². The number of ether oxygens (including phenoxy) is 1. The van der Waals surface area contributed by atoms with Crippen molar-refractivity contribution in [2.45, 2.75) is 11.7 Å². The molecule has 8 heteroatoms. The number of aliphatic hydroxyl groups is 1. The minimum Gasteiger partial charge on any atom is -0.393 e. The molecule has 88 valence electrons. The average molecular weight is 247 g/mol. The summed E-state index contributed by atoms with van der Waals surface area (Å²) in [6.45, 7) is -0.104. The molecule has 0 radical (unpaired) electrons. The van der Waals surface area contributed by atoms with Crippen LogP contribution in [0.15, 0.2) is 17.1 Å². The van der Waals surface area contributed by atoms with E-state index in [1.54, 1.807) is 0 Å². The van der Waals surface area contributed by atoms with Crippen LogP contribution in [0.25, 0.3) is 0 Å². The minimum absolute atomic E-state index is 0.104. The molecule has 0 spiro atoms. The molecule has 0 unspecified atom stereocenters. The lowest BCUT2D eigenvalue weighted by Gasteiger charge is -2.13. The zero-order valence-electron chi connectivity index (χ0n) is 8.17. The molecule has 1 aliphatic rings. The van der Waals surface area contributed by atoms with Gasteiger partial charge in [-0.1, -0.05) is 0 Å². The third-order valence-corrected chi connectivity index (χ3v) is 3.23. The van der Waals surface area contributed by atoms with E-state index in [0.29, 0.717) is 5.75 Å².